The first-order chi connectivity index (χ1) is 15.8. The molecule has 0 radical (unpaired) electrons. The molecule has 1 aliphatic heterocycles. The molecule has 1 saturated heterocycles. The Labute approximate surface area is 192 Å². The van der Waals surface area contributed by atoms with E-state index in [4.69, 9.17) is 0 Å². The number of pyridine rings is 1. The van der Waals surface area contributed by atoms with E-state index >= 15 is 0 Å². The molecule has 166 valence electrons. The van der Waals surface area contributed by atoms with Gasteiger partial charge >= 0.3 is 0 Å². The molecule has 0 N–H and O–H groups in total. The summed E-state index contributed by atoms with van der Waals surface area (Å²) in [6, 6.07) is 10.5. The van der Waals surface area contributed by atoms with Crippen LogP contribution in [0.3, 0.4) is 0 Å². The van der Waals surface area contributed by atoms with Crippen molar-refractivity contribution in [3.63, 3.8) is 0 Å². The maximum absolute atomic E-state index is 13.8. The van der Waals surface area contributed by atoms with E-state index in [1.807, 2.05) is 42.4 Å². The molecule has 2 aromatic heterocycles. The number of nitrogens with zero attached hydrogens (tertiary/aromatic N) is 5. The van der Waals surface area contributed by atoms with Crippen molar-refractivity contribution in [3.05, 3.63) is 59.7 Å². The fraction of sp³-hybridized carbons (Fsp3) is 0.480. The average Bonchev–Trinajstić information content (AvgIpc) is 3.44. The lowest BCUT2D eigenvalue weighted by Crippen LogP contribution is -2.35. The van der Waals surface area contributed by atoms with Crippen LogP contribution in [0, 0.1) is 5.82 Å². The Balaban J connectivity index is 1.08. The Bertz CT molecular complexity index is 1100. The molecule has 5 nitrogen and oxygen atoms in total. The quantitative estimate of drug-likeness (QED) is 0.371. The fourth-order valence-electron chi connectivity index (χ4n) is 5.55. The minimum Gasteiger partial charge on any atom is -0.300 e. The second-order valence-electron chi connectivity index (χ2n) is 9.23. The van der Waals surface area contributed by atoms with Gasteiger partial charge in [-0.3, -0.25) is 14.5 Å². The van der Waals surface area contributed by atoms with E-state index in [0.717, 1.165) is 54.6 Å². The van der Waals surface area contributed by atoms with E-state index in [2.05, 4.69) is 24.6 Å². The Morgan fingerprint density at radius 2 is 1.91 bits per heavy atom. The molecule has 2 aliphatic carbocycles. The zero-order valence-corrected chi connectivity index (χ0v) is 19.0. The predicted molar refractivity (Wildman–Crippen MR) is 124 cm³/mol. The van der Waals surface area contributed by atoms with Gasteiger partial charge < -0.3 is 0 Å². The van der Waals surface area contributed by atoms with Crippen LogP contribution < -0.4 is 0 Å². The molecular formula is C25H28FN5S. The number of benzene rings is 1. The summed E-state index contributed by atoms with van der Waals surface area (Å²) in [6.07, 6.45) is 10.6. The second kappa shape index (κ2) is 8.60. The highest BCUT2D eigenvalue weighted by molar-refractivity contribution is 7.99. The maximum atomic E-state index is 13.8. The van der Waals surface area contributed by atoms with Gasteiger partial charge in [0.1, 0.15) is 5.82 Å². The molecule has 3 aromatic rings. The number of hydrogen-bond acceptors (Lipinski definition) is 5. The molecule has 0 bridgehead atoms. The molecule has 2 atom stereocenters. The minimum atomic E-state index is -0.0924. The lowest BCUT2D eigenvalue weighted by molar-refractivity contribution is 0.228. The molecule has 2 unspecified atom stereocenters. The van der Waals surface area contributed by atoms with Gasteiger partial charge in [-0.2, -0.15) is 0 Å². The SMILES string of the molecule is Fc1ccc2c(c1)C1CCN(CCCSc3nnc(-c4ccncc4)n3C3CC3)C1CC2. The summed E-state index contributed by atoms with van der Waals surface area (Å²) in [5.41, 5.74) is 3.71. The smallest absolute Gasteiger partial charge is 0.191 e. The number of thioether (sulfide) groups is 1. The summed E-state index contributed by atoms with van der Waals surface area (Å²) < 4.78 is 16.2. The molecule has 0 amide bonds. The van der Waals surface area contributed by atoms with Gasteiger partial charge in [-0.25, -0.2) is 4.39 Å². The highest BCUT2D eigenvalue weighted by atomic mass is 32.2. The van der Waals surface area contributed by atoms with Gasteiger partial charge in [-0.1, -0.05) is 17.8 Å². The van der Waals surface area contributed by atoms with Crippen LogP contribution in [0.15, 0.2) is 47.9 Å². The topological polar surface area (TPSA) is 46.8 Å². The van der Waals surface area contributed by atoms with Crippen molar-refractivity contribution in [2.45, 2.75) is 61.7 Å². The van der Waals surface area contributed by atoms with Crippen LogP contribution in [0.5, 0.6) is 0 Å². The van der Waals surface area contributed by atoms with Gasteiger partial charge in [0.2, 0.25) is 0 Å². The van der Waals surface area contributed by atoms with Gasteiger partial charge in [-0.15, -0.1) is 10.2 Å². The highest BCUT2D eigenvalue weighted by Crippen LogP contribution is 2.43. The third-order valence-corrected chi connectivity index (χ3v) is 8.24. The number of likely N-dealkylation sites (tertiary alicyclic amines) is 1. The van der Waals surface area contributed by atoms with E-state index in [0.29, 0.717) is 18.0 Å². The van der Waals surface area contributed by atoms with Gasteiger partial charge in [-0.05, 0) is 87.0 Å². The number of aryl methyl sites for hydroxylation is 1. The van der Waals surface area contributed by atoms with Crippen LogP contribution >= 0.6 is 11.8 Å². The largest absolute Gasteiger partial charge is 0.300 e. The Kier molecular flexibility index (Phi) is 5.47. The standard InChI is InChI=1S/C25H28FN5S/c26-19-4-2-17-3-7-23-21(22(17)16-19)10-14-30(23)13-1-15-32-25-29-28-24(31(25)20-5-6-20)18-8-11-27-12-9-18/h2,4,8-9,11-12,16,20-21,23H,1,3,5-7,10,13-15H2. The number of fused-ring (bicyclic) bond motifs is 3. The first-order valence-electron chi connectivity index (χ1n) is 11.8. The summed E-state index contributed by atoms with van der Waals surface area (Å²) in [6.45, 7) is 2.23. The monoisotopic (exact) mass is 449 g/mol. The second-order valence-corrected chi connectivity index (χ2v) is 10.3. The number of rotatable bonds is 7. The number of halogens is 1. The van der Waals surface area contributed by atoms with Crippen molar-refractivity contribution in [1.82, 2.24) is 24.6 Å². The van der Waals surface area contributed by atoms with Crippen LogP contribution in [-0.4, -0.2) is 49.5 Å². The van der Waals surface area contributed by atoms with E-state index < -0.39 is 0 Å². The lowest BCUT2D eigenvalue weighted by Gasteiger charge is -2.33. The van der Waals surface area contributed by atoms with Crippen molar-refractivity contribution in [2.24, 2.45) is 0 Å². The highest BCUT2D eigenvalue weighted by Gasteiger charge is 2.38. The molecule has 2 fully saturated rings. The molecule has 1 aromatic carbocycles. The third kappa shape index (κ3) is 3.86. The van der Waals surface area contributed by atoms with Gasteiger partial charge in [0.15, 0.2) is 11.0 Å². The third-order valence-electron chi connectivity index (χ3n) is 7.21. The van der Waals surface area contributed by atoms with Crippen molar-refractivity contribution in [2.75, 3.05) is 18.8 Å². The molecule has 32 heavy (non-hydrogen) atoms. The van der Waals surface area contributed by atoms with Crippen molar-refractivity contribution in [1.29, 1.82) is 0 Å². The van der Waals surface area contributed by atoms with E-state index in [-0.39, 0.29) is 5.82 Å². The van der Waals surface area contributed by atoms with E-state index in [9.17, 15) is 4.39 Å². The lowest BCUT2D eigenvalue weighted by atomic mass is 9.79. The molecule has 7 heteroatoms. The average molecular weight is 450 g/mol. The number of hydrogen-bond donors (Lipinski definition) is 0. The summed E-state index contributed by atoms with van der Waals surface area (Å²) in [5.74, 6) is 2.42. The molecule has 1 saturated carbocycles. The molecular weight excluding hydrogens is 421 g/mol. The van der Waals surface area contributed by atoms with Crippen LogP contribution in [-0.2, 0) is 6.42 Å². The first kappa shape index (κ1) is 20.4. The summed E-state index contributed by atoms with van der Waals surface area (Å²) >= 11 is 1.83. The molecule has 0 spiro atoms. The normalized spacial score (nSPS) is 22.7. The predicted octanol–water partition coefficient (Wildman–Crippen LogP) is 5.10. The Morgan fingerprint density at radius 3 is 2.75 bits per heavy atom. The van der Waals surface area contributed by atoms with Crippen molar-refractivity contribution in [3.8, 4) is 11.4 Å². The fourth-order valence-corrected chi connectivity index (χ4v) is 6.48. The van der Waals surface area contributed by atoms with Crippen LogP contribution in [0.1, 0.15) is 55.2 Å². The minimum absolute atomic E-state index is 0.0924. The summed E-state index contributed by atoms with van der Waals surface area (Å²) in [7, 11) is 0. The molecule has 3 heterocycles. The van der Waals surface area contributed by atoms with Gasteiger partial charge in [0.25, 0.3) is 0 Å². The molecule has 3 aliphatic rings. The van der Waals surface area contributed by atoms with Crippen LogP contribution in [0.25, 0.3) is 11.4 Å². The van der Waals surface area contributed by atoms with E-state index in [1.54, 1.807) is 12.1 Å². The maximum Gasteiger partial charge on any atom is 0.191 e. The number of aromatic nitrogens is 4. The van der Waals surface area contributed by atoms with Crippen LogP contribution in [0.2, 0.25) is 0 Å². The van der Waals surface area contributed by atoms with Crippen molar-refractivity contribution >= 4 is 11.8 Å². The Hall–Kier alpha value is -2.25. The Morgan fingerprint density at radius 1 is 1.03 bits per heavy atom. The van der Waals surface area contributed by atoms with Gasteiger partial charge in [0, 0.05) is 41.7 Å². The van der Waals surface area contributed by atoms with E-state index in [1.165, 1.54) is 30.4 Å². The summed E-state index contributed by atoms with van der Waals surface area (Å²) in [5, 5.41) is 10.1. The first-order valence-corrected chi connectivity index (χ1v) is 12.8. The van der Waals surface area contributed by atoms with Gasteiger partial charge in [0.05, 0.1) is 0 Å². The summed E-state index contributed by atoms with van der Waals surface area (Å²) in [4.78, 5) is 6.77. The zero-order chi connectivity index (χ0) is 21.5. The molecule has 6 rings (SSSR count). The zero-order valence-electron chi connectivity index (χ0n) is 18.2. The van der Waals surface area contributed by atoms with Crippen LogP contribution in [0.4, 0.5) is 4.39 Å². The van der Waals surface area contributed by atoms with Crippen molar-refractivity contribution < 1.29 is 4.39 Å².